The molecule has 0 spiro atoms. The molecule has 1 aromatic heterocycles. The van der Waals surface area contributed by atoms with Crippen molar-refractivity contribution in [1.29, 1.82) is 0 Å². The van der Waals surface area contributed by atoms with Crippen LogP contribution in [0, 0.1) is 0 Å². The van der Waals surface area contributed by atoms with Crippen molar-refractivity contribution >= 4 is 41.3 Å². The number of aliphatic imine (C=N–C) groups is 1. The van der Waals surface area contributed by atoms with Crippen LogP contribution in [0.1, 0.15) is 35.7 Å². The Morgan fingerprint density at radius 1 is 1.17 bits per heavy atom. The lowest BCUT2D eigenvalue weighted by molar-refractivity contribution is 0.281. The van der Waals surface area contributed by atoms with Crippen LogP contribution >= 0.6 is 35.3 Å². The van der Waals surface area contributed by atoms with E-state index in [2.05, 4.69) is 60.6 Å². The third-order valence-electron chi connectivity index (χ3n) is 4.29. The van der Waals surface area contributed by atoms with Crippen LogP contribution in [0.2, 0.25) is 0 Å². The number of hydrogen-bond acceptors (Lipinski definition) is 5. The topological polar surface area (TPSA) is 61.8 Å². The fourth-order valence-corrected chi connectivity index (χ4v) is 3.55. The lowest BCUT2D eigenvalue weighted by Gasteiger charge is -2.11. The van der Waals surface area contributed by atoms with Crippen molar-refractivity contribution < 1.29 is 4.74 Å². The summed E-state index contributed by atoms with van der Waals surface area (Å²) in [5, 5.41) is 7.87. The Kier molecular flexibility index (Phi) is 13.7. The number of nitrogens with one attached hydrogen (secondary N) is 2. The van der Waals surface area contributed by atoms with Crippen LogP contribution < -0.4 is 15.4 Å². The molecule has 1 aromatic carbocycles. The molecule has 0 bridgehead atoms. The van der Waals surface area contributed by atoms with Crippen molar-refractivity contribution in [2.75, 3.05) is 40.3 Å². The maximum atomic E-state index is 5.79. The van der Waals surface area contributed by atoms with Crippen LogP contribution in [0.25, 0.3) is 0 Å². The summed E-state index contributed by atoms with van der Waals surface area (Å²) in [5.74, 6) is 1.75. The van der Waals surface area contributed by atoms with E-state index in [4.69, 9.17) is 9.73 Å². The van der Waals surface area contributed by atoms with E-state index in [9.17, 15) is 0 Å². The van der Waals surface area contributed by atoms with E-state index in [0.717, 1.165) is 62.8 Å². The van der Waals surface area contributed by atoms with Crippen molar-refractivity contribution in [3.05, 3.63) is 45.9 Å². The number of ether oxygens (including phenoxy) is 1. The predicted octanol–water partition coefficient (Wildman–Crippen LogP) is 3.95. The number of halogens is 1. The van der Waals surface area contributed by atoms with Gasteiger partial charge in [-0.05, 0) is 51.6 Å². The lowest BCUT2D eigenvalue weighted by atomic mass is 10.2. The highest BCUT2D eigenvalue weighted by Crippen LogP contribution is 2.14. The number of nitrogens with zero attached hydrogens (tertiary/aromatic N) is 3. The summed E-state index contributed by atoms with van der Waals surface area (Å²) < 4.78 is 5.79. The Morgan fingerprint density at radius 2 is 1.93 bits per heavy atom. The van der Waals surface area contributed by atoms with Crippen molar-refractivity contribution in [3.8, 4) is 5.75 Å². The summed E-state index contributed by atoms with van der Waals surface area (Å²) in [4.78, 5) is 12.7. The zero-order valence-corrected chi connectivity index (χ0v) is 21.8. The molecule has 0 aliphatic carbocycles. The molecule has 2 N–H and O–H groups in total. The highest BCUT2D eigenvalue weighted by molar-refractivity contribution is 14.0. The van der Waals surface area contributed by atoms with Gasteiger partial charge in [0.15, 0.2) is 5.96 Å². The first-order chi connectivity index (χ1) is 14.1. The monoisotopic (exact) mass is 545 g/mol. The van der Waals surface area contributed by atoms with Gasteiger partial charge in [0.25, 0.3) is 0 Å². The first kappa shape index (κ1) is 26.6. The van der Waals surface area contributed by atoms with E-state index in [1.165, 1.54) is 9.88 Å². The minimum atomic E-state index is 0. The largest absolute Gasteiger partial charge is 0.494 e. The predicted molar refractivity (Wildman–Crippen MR) is 139 cm³/mol. The van der Waals surface area contributed by atoms with Crippen LogP contribution in [-0.4, -0.2) is 56.2 Å². The normalized spacial score (nSPS) is 11.3. The maximum absolute atomic E-state index is 5.79. The minimum Gasteiger partial charge on any atom is -0.494 e. The zero-order valence-electron chi connectivity index (χ0n) is 18.6. The Bertz CT molecular complexity index is 733. The molecule has 6 nitrogen and oxygen atoms in total. The molecule has 2 rings (SSSR count). The molecule has 168 valence electrons. The number of hydrogen-bond donors (Lipinski definition) is 2. The summed E-state index contributed by atoms with van der Waals surface area (Å²) in [6.07, 6.45) is 4.97. The first-order valence-corrected chi connectivity index (χ1v) is 11.2. The van der Waals surface area contributed by atoms with E-state index in [1.807, 2.05) is 18.3 Å². The van der Waals surface area contributed by atoms with Gasteiger partial charge < -0.3 is 20.3 Å². The summed E-state index contributed by atoms with van der Waals surface area (Å²) in [7, 11) is 4.15. The van der Waals surface area contributed by atoms with Crippen LogP contribution in [0.15, 0.2) is 35.5 Å². The highest BCUT2D eigenvalue weighted by Gasteiger charge is 2.03. The molecule has 0 radical (unpaired) electrons. The van der Waals surface area contributed by atoms with Gasteiger partial charge in [0, 0.05) is 37.1 Å². The second kappa shape index (κ2) is 15.4. The van der Waals surface area contributed by atoms with Crippen LogP contribution in [0.3, 0.4) is 0 Å². The molecule has 0 saturated carbocycles. The fraction of sp³-hybridized carbons (Fsp3) is 0.545. The first-order valence-electron chi connectivity index (χ1n) is 10.4. The number of rotatable bonds is 12. The second-order valence-electron chi connectivity index (χ2n) is 7.10. The molecular weight excluding hydrogens is 509 g/mol. The molecule has 0 atom stereocenters. The van der Waals surface area contributed by atoms with Gasteiger partial charge in [0.1, 0.15) is 5.75 Å². The molecule has 1 heterocycles. The Balaban J connectivity index is 0.00000450. The van der Waals surface area contributed by atoms with Gasteiger partial charge in [0.05, 0.1) is 18.2 Å². The van der Waals surface area contributed by atoms with Gasteiger partial charge in [0.2, 0.25) is 0 Å². The van der Waals surface area contributed by atoms with Gasteiger partial charge in [-0.3, -0.25) is 0 Å². The smallest absolute Gasteiger partial charge is 0.191 e. The molecule has 0 aliphatic heterocycles. The van der Waals surface area contributed by atoms with Gasteiger partial charge in [-0.2, -0.15) is 0 Å². The Hall–Kier alpha value is -1.39. The Morgan fingerprint density at radius 3 is 2.57 bits per heavy atom. The molecule has 30 heavy (non-hydrogen) atoms. The quantitative estimate of drug-likeness (QED) is 0.183. The lowest BCUT2D eigenvalue weighted by Crippen LogP contribution is -2.38. The summed E-state index contributed by atoms with van der Waals surface area (Å²) >= 11 is 1.79. The summed E-state index contributed by atoms with van der Waals surface area (Å²) in [5.41, 5.74) is 1.16. The van der Waals surface area contributed by atoms with E-state index >= 15 is 0 Å². The molecular formula is C22H36IN5OS. The third kappa shape index (κ3) is 10.6. The highest BCUT2D eigenvalue weighted by atomic mass is 127. The van der Waals surface area contributed by atoms with E-state index < -0.39 is 0 Å². The van der Waals surface area contributed by atoms with E-state index in [-0.39, 0.29) is 24.0 Å². The minimum absolute atomic E-state index is 0. The van der Waals surface area contributed by atoms with Gasteiger partial charge in [-0.1, -0.05) is 19.1 Å². The van der Waals surface area contributed by atoms with Gasteiger partial charge in [-0.25, -0.2) is 9.98 Å². The second-order valence-corrected chi connectivity index (χ2v) is 8.29. The number of aromatic nitrogens is 1. The van der Waals surface area contributed by atoms with E-state index in [0.29, 0.717) is 6.54 Å². The number of benzene rings is 1. The molecule has 0 saturated heterocycles. The summed E-state index contributed by atoms with van der Waals surface area (Å²) in [6.45, 7) is 8.31. The van der Waals surface area contributed by atoms with Crippen molar-refractivity contribution in [2.24, 2.45) is 4.99 Å². The molecule has 2 aromatic rings. The molecule has 0 aliphatic rings. The van der Waals surface area contributed by atoms with Crippen molar-refractivity contribution in [2.45, 2.75) is 39.7 Å². The Labute approximate surface area is 202 Å². The average Bonchev–Trinajstić information content (AvgIpc) is 3.18. The van der Waals surface area contributed by atoms with Crippen molar-refractivity contribution in [3.63, 3.8) is 0 Å². The van der Waals surface area contributed by atoms with Gasteiger partial charge >= 0.3 is 0 Å². The number of guanidine groups is 1. The van der Waals surface area contributed by atoms with E-state index in [1.54, 1.807) is 11.3 Å². The molecule has 8 heteroatoms. The van der Waals surface area contributed by atoms with Crippen LogP contribution in [0.4, 0.5) is 0 Å². The zero-order chi connectivity index (χ0) is 20.9. The average molecular weight is 546 g/mol. The fourth-order valence-electron chi connectivity index (χ4n) is 2.69. The van der Waals surface area contributed by atoms with Crippen LogP contribution in [-0.2, 0) is 19.4 Å². The van der Waals surface area contributed by atoms with Gasteiger partial charge in [-0.15, -0.1) is 35.3 Å². The SMILES string of the molecule is CCNC(=NCc1ccc(OCCCN(C)C)cc1)NCCc1ncc(CC)s1.I. The molecule has 0 amide bonds. The summed E-state index contributed by atoms with van der Waals surface area (Å²) in [6, 6.07) is 8.20. The standard InChI is InChI=1S/C22H35N5OS.HI/c1-5-20-17-25-21(29-20)12-13-24-22(23-6-2)26-16-18-8-10-19(11-9-18)28-15-7-14-27(3)4;/h8-11,17H,5-7,12-16H2,1-4H3,(H2,23,24,26);1H. The number of aryl methyl sites for hydroxylation is 1. The molecule has 0 fully saturated rings. The molecule has 0 unspecified atom stereocenters. The number of thiazole rings is 1. The maximum Gasteiger partial charge on any atom is 0.191 e. The van der Waals surface area contributed by atoms with Crippen molar-refractivity contribution in [1.82, 2.24) is 20.5 Å². The van der Waals surface area contributed by atoms with Crippen LogP contribution in [0.5, 0.6) is 5.75 Å². The third-order valence-corrected chi connectivity index (χ3v) is 5.49.